The molecule has 1 amide bonds. The fourth-order valence-electron chi connectivity index (χ4n) is 2.37. The van der Waals surface area contributed by atoms with E-state index in [0.717, 1.165) is 37.4 Å². The Morgan fingerprint density at radius 1 is 1.30 bits per heavy atom. The maximum Gasteiger partial charge on any atom is 0.234 e. The first-order valence-electron chi connectivity index (χ1n) is 7.12. The summed E-state index contributed by atoms with van der Waals surface area (Å²) < 4.78 is 0. The number of hydrogen-bond donors (Lipinski definition) is 2. The lowest BCUT2D eigenvalue weighted by molar-refractivity contribution is -0.122. The minimum atomic E-state index is 0.0921. The molecule has 20 heavy (non-hydrogen) atoms. The van der Waals surface area contributed by atoms with Gasteiger partial charge in [-0.05, 0) is 37.0 Å². The van der Waals surface area contributed by atoms with Gasteiger partial charge in [-0.1, -0.05) is 23.7 Å². The van der Waals surface area contributed by atoms with Crippen LogP contribution < -0.4 is 11.1 Å². The van der Waals surface area contributed by atoms with E-state index in [1.165, 1.54) is 5.56 Å². The first-order valence-corrected chi connectivity index (χ1v) is 7.50. The fraction of sp³-hybridized carbons (Fsp3) is 0.533. The van der Waals surface area contributed by atoms with Crippen LogP contribution in [0.3, 0.4) is 0 Å². The Morgan fingerprint density at radius 3 is 2.60 bits per heavy atom. The SMILES string of the molecule is NC1CCN(CC(=O)NCCc2ccc(Cl)cc2)CC1. The lowest BCUT2D eigenvalue weighted by Gasteiger charge is -2.29. The van der Waals surface area contributed by atoms with Crippen LogP contribution in [0.15, 0.2) is 24.3 Å². The van der Waals surface area contributed by atoms with Crippen molar-refractivity contribution in [3.05, 3.63) is 34.9 Å². The van der Waals surface area contributed by atoms with Gasteiger partial charge < -0.3 is 11.1 Å². The van der Waals surface area contributed by atoms with Crippen LogP contribution in [0.4, 0.5) is 0 Å². The third kappa shape index (κ3) is 5.12. The van der Waals surface area contributed by atoms with Crippen LogP contribution in [0.5, 0.6) is 0 Å². The van der Waals surface area contributed by atoms with Crippen LogP contribution in [-0.4, -0.2) is 43.0 Å². The first kappa shape index (κ1) is 15.3. The predicted octanol–water partition coefficient (Wildman–Crippen LogP) is 1.42. The highest BCUT2D eigenvalue weighted by Crippen LogP contribution is 2.09. The van der Waals surface area contributed by atoms with Gasteiger partial charge in [-0.3, -0.25) is 9.69 Å². The third-order valence-electron chi connectivity index (χ3n) is 3.65. The Kier molecular flexibility index (Phi) is 5.83. The number of rotatable bonds is 5. The van der Waals surface area contributed by atoms with Gasteiger partial charge in [-0.2, -0.15) is 0 Å². The second-order valence-electron chi connectivity index (χ2n) is 5.34. The van der Waals surface area contributed by atoms with E-state index in [1.807, 2.05) is 24.3 Å². The van der Waals surface area contributed by atoms with Gasteiger partial charge in [0.15, 0.2) is 0 Å². The zero-order valence-corrected chi connectivity index (χ0v) is 12.4. The summed E-state index contributed by atoms with van der Waals surface area (Å²) in [5.41, 5.74) is 7.03. The molecule has 0 atom stereocenters. The van der Waals surface area contributed by atoms with Crippen molar-refractivity contribution < 1.29 is 4.79 Å². The average molecular weight is 296 g/mol. The summed E-state index contributed by atoms with van der Waals surface area (Å²) in [6.07, 6.45) is 2.80. The summed E-state index contributed by atoms with van der Waals surface area (Å²) >= 11 is 5.83. The van der Waals surface area contributed by atoms with Crippen LogP contribution in [0.25, 0.3) is 0 Å². The maximum absolute atomic E-state index is 11.8. The van der Waals surface area contributed by atoms with E-state index in [1.54, 1.807) is 0 Å². The van der Waals surface area contributed by atoms with E-state index >= 15 is 0 Å². The molecular formula is C15H22ClN3O. The standard InChI is InChI=1S/C15H22ClN3O/c16-13-3-1-12(2-4-13)5-8-18-15(20)11-19-9-6-14(17)7-10-19/h1-4,14H,5-11,17H2,(H,18,20). The molecule has 1 fully saturated rings. The van der Waals surface area contributed by atoms with Crippen LogP contribution in [0.1, 0.15) is 18.4 Å². The Morgan fingerprint density at radius 2 is 1.95 bits per heavy atom. The molecule has 0 aromatic heterocycles. The number of halogens is 1. The van der Waals surface area contributed by atoms with Gasteiger partial charge in [-0.15, -0.1) is 0 Å². The molecule has 1 heterocycles. The molecule has 1 aromatic carbocycles. The number of hydrogen-bond acceptors (Lipinski definition) is 3. The summed E-state index contributed by atoms with van der Waals surface area (Å²) in [7, 11) is 0. The Hall–Kier alpha value is -1.10. The van der Waals surface area contributed by atoms with E-state index in [0.29, 0.717) is 19.1 Å². The minimum Gasteiger partial charge on any atom is -0.355 e. The first-order chi connectivity index (χ1) is 9.63. The lowest BCUT2D eigenvalue weighted by Crippen LogP contribution is -2.44. The normalized spacial score (nSPS) is 17.1. The summed E-state index contributed by atoms with van der Waals surface area (Å²) in [4.78, 5) is 14.0. The minimum absolute atomic E-state index is 0.0921. The van der Waals surface area contributed by atoms with Crippen LogP contribution >= 0.6 is 11.6 Å². The van der Waals surface area contributed by atoms with Gasteiger partial charge in [0, 0.05) is 30.7 Å². The molecule has 0 spiro atoms. The molecule has 0 radical (unpaired) electrons. The predicted molar refractivity (Wildman–Crippen MR) is 81.8 cm³/mol. The molecule has 4 nitrogen and oxygen atoms in total. The highest BCUT2D eigenvalue weighted by atomic mass is 35.5. The van der Waals surface area contributed by atoms with Crippen LogP contribution in [0.2, 0.25) is 5.02 Å². The second-order valence-corrected chi connectivity index (χ2v) is 5.78. The fourth-order valence-corrected chi connectivity index (χ4v) is 2.49. The molecule has 5 heteroatoms. The quantitative estimate of drug-likeness (QED) is 0.864. The summed E-state index contributed by atoms with van der Waals surface area (Å²) in [5.74, 6) is 0.0921. The number of piperidine rings is 1. The third-order valence-corrected chi connectivity index (χ3v) is 3.90. The highest BCUT2D eigenvalue weighted by molar-refractivity contribution is 6.30. The maximum atomic E-state index is 11.8. The molecular weight excluding hydrogens is 274 g/mol. The molecule has 3 N–H and O–H groups in total. The lowest BCUT2D eigenvalue weighted by atomic mass is 10.1. The van der Waals surface area contributed by atoms with Gasteiger partial charge >= 0.3 is 0 Å². The molecule has 2 rings (SSSR count). The molecule has 1 aromatic rings. The molecule has 0 aliphatic carbocycles. The number of nitrogens with zero attached hydrogens (tertiary/aromatic N) is 1. The Balaban J connectivity index is 1.64. The number of likely N-dealkylation sites (tertiary alicyclic amines) is 1. The molecule has 1 aliphatic rings. The number of carbonyl (C=O) groups is 1. The molecule has 0 unspecified atom stereocenters. The molecule has 0 saturated carbocycles. The zero-order valence-electron chi connectivity index (χ0n) is 11.6. The van der Waals surface area contributed by atoms with Crippen molar-refractivity contribution in [2.24, 2.45) is 5.73 Å². The van der Waals surface area contributed by atoms with E-state index in [9.17, 15) is 4.79 Å². The average Bonchev–Trinajstić information content (AvgIpc) is 2.44. The second kappa shape index (κ2) is 7.62. The zero-order chi connectivity index (χ0) is 14.4. The van der Waals surface area contributed by atoms with E-state index < -0.39 is 0 Å². The topological polar surface area (TPSA) is 58.4 Å². The van der Waals surface area contributed by atoms with Crippen molar-refractivity contribution in [2.45, 2.75) is 25.3 Å². The molecule has 1 aliphatic heterocycles. The van der Waals surface area contributed by atoms with Crippen molar-refractivity contribution in [1.82, 2.24) is 10.2 Å². The monoisotopic (exact) mass is 295 g/mol. The van der Waals surface area contributed by atoms with E-state index in [2.05, 4.69) is 10.2 Å². The number of amides is 1. The highest BCUT2D eigenvalue weighted by Gasteiger charge is 2.17. The summed E-state index contributed by atoms with van der Waals surface area (Å²) in [6.45, 7) is 2.98. The van der Waals surface area contributed by atoms with Gasteiger partial charge in [0.1, 0.15) is 0 Å². The Bertz CT molecular complexity index is 427. The van der Waals surface area contributed by atoms with E-state index in [4.69, 9.17) is 17.3 Å². The number of benzene rings is 1. The van der Waals surface area contributed by atoms with Crippen molar-refractivity contribution in [3.8, 4) is 0 Å². The van der Waals surface area contributed by atoms with Gasteiger partial charge in [0.2, 0.25) is 5.91 Å². The largest absolute Gasteiger partial charge is 0.355 e. The summed E-state index contributed by atoms with van der Waals surface area (Å²) in [5, 5.41) is 3.70. The molecule has 110 valence electrons. The van der Waals surface area contributed by atoms with Crippen molar-refractivity contribution in [2.75, 3.05) is 26.2 Å². The smallest absolute Gasteiger partial charge is 0.234 e. The van der Waals surface area contributed by atoms with Crippen molar-refractivity contribution >= 4 is 17.5 Å². The Labute approximate surface area is 125 Å². The van der Waals surface area contributed by atoms with E-state index in [-0.39, 0.29) is 5.91 Å². The molecule has 1 saturated heterocycles. The van der Waals surface area contributed by atoms with Gasteiger partial charge in [0.05, 0.1) is 6.54 Å². The number of nitrogens with one attached hydrogen (secondary N) is 1. The van der Waals surface area contributed by atoms with Crippen molar-refractivity contribution in [3.63, 3.8) is 0 Å². The summed E-state index contributed by atoms with van der Waals surface area (Å²) in [6, 6.07) is 8.02. The van der Waals surface area contributed by atoms with Crippen molar-refractivity contribution in [1.29, 1.82) is 0 Å². The van der Waals surface area contributed by atoms with Crippen LogP contribution in [-0.2, 0) is 11.2 Å². The number of carbonyl (C=O) groups excluding carboxylic acids is 1. The van der Waals surface area contributed by atoms with Crippen LogP contribution in [0, 0.1) is 0 Å². The molecule has 0 bridgehead atoms. The van der Waals surface area contributed by atoms with Gasteiger partial charge in [-0.25, -0.2) is 0 Å². The number of nitrogens with two attached hydrogens (primary N) is 1. The van der Waals surface area contributed by atoms with Gasteiger partial charge in [0.25, 0.3) is 0 Å².